The van der Waals surface area contributed by atoms with Crippen molar-refractivity contribution in [2.75, 3.05) is 0 Å². The number of benzene rings is 7. The first-order chi connectivity index (χ1) is 29.7. The fourth-order valence-corrected chi connectivity index (χ4v) is 7.69. The third kappa shape index (κ3) is 7.37. The normalized spacial score (nSPS) is 11.0. The monoisotopic (exact) mass is 768 g/mol. The van der Waals surface area contributed by atoms with Crippen molar-refractivity contribution < 1.29 is 0 Å². The molecule has 0 aliphatic carbocycles. The van der Waals surface area contributed by atoms with Gasteiger partial charge in [-0.3, -0.25) is 0 Å². The molecule has 0 saturated carbocycles. The molecule has 0 unspecified atom stereocenters. The highest BCUT2D eigenvalue weighted by molar-refractivity contribution is 5.93. The Kier molecular flexibility index (Phi) is 9.84. The van der Waals surface area contributed by atoms with Crippen LogP contribution in [-0.2, 0) is 0 Å². The summed E-state index contributed by atoms with van der Waals surface area (Å²) in [5, 5.41) is 28.2. The average molecular weight is 769 g/mol. The predicted molar refractivity (Wildman–Crippen MR) is 242 cm³/mol. The van der Waals surface area contributed by atoms with Gasteiger partial charge in [0.2, 0.25) is 0 Å². The fourth-order valence-electron chi connectivity index (χ4n) is 7.69. The van der Waals surface area contributed by atoms with E-state index in [2.05, 4.69) is 124 Å². The molecule has 10 rings (SSSR count). The second kappa shape index (κ2) is 16.3. The summed E-state index contributed by atoms with van der Waals surface area (Å²) in [6.45, 7) is 0. The maximum Gasteiger partial charge on any atom is 0.0936 e. The van der Waals surface area contributed by atoms with Gasteiger partial charge in [0, 0.05) is 33.4 Å². The Morgan fingerprint density at radius 1 is 0.167 bits per heavy atom. The molecule has 0 spiro atoms. The van der Waals surface area contributed by atoms with E-state index in [9.17, 15) is 0 Å². The Bertz CT molecular complexity index is 2700. The molecule has 7 aromatic carbocycles. The van der Waals surface area contributed by atoms with Crippen LogP contribution in [0.4, 0.5) is 0 Å². The van der Waals surface area contributed by atoms with E-state index in [1.807, 2.05) is 109 Å². The molecule has 10 aromatic rings. The Hall–Kier alpha value is -8.22. The standard InChI is InChI=1S/C54H36N6/c1-4-16-37(17-5-1)49-28-31-52(58-55-49)46-25-13-10-22-43(46)40-34-41(44-23-11-14-26-47(44)53-32-29-50(56-59-53)38-18-6-2-7-19-38)36-42(35-40)45-24-12-15-27-48(45)54-33-30-51(57-60-54)39-20-8-3-9-21-39/h1-36H. The SMILES string of the molecule is c1ccc(-c2ccc(-c3ccccc3-c3cc(-c4ccccc4-c4ccc(-c5ccccc5)nn4)cc(-c4ccccc4-c4ccc(-c5ccccc5)nn4)c3)nn2)cc1. The minimum atomic E-state index is 0.792. The number of aromatic nitrogens is 6. The fraction of sp³-hybridized carbons (Fsp3) is 0. The summed E-state index contributed by atoms with van der Waals surface area (Å²) in [5.41, 5.74) is 17.1. The van der Waals surface area contributed by atoms with Crippen LogP contribution < -0.4 is 0 Å². The van der Waals surface area contributed by atoms with Crippen LogP contribution in [0.15, 0.2) is 218 Å². The van der Waals surface area contributed by atoms with Gasteiger partial charge >= 0.3 is 0 Å². The predicted octanol–water partition coefficient (Wildman–Crippen LogP) is 13.1. The lowest BCUT2D eigenvalue weighted by molar-refractivity contribution is 1.04. The van der Waals surface area contributed by atoms with E-state index in [-0.39, 0.29) is 0 Å². The Morgan fingerprint density at radius 3 is 0.633 bits per heavy atom. The van der Waals surface area contributed by atoms with Crippen molar-refractivity contribution in [3.8, 4) is 101 Å². The van der Waals surface area contributed by atoms with Crippen molar-refractivity contribution in [3.63, 3.8) is 0 Å². The summed E-state index contributed by atoms with van der Waals surface area (Å²) in [7, 11) is 0. The molecule has 0 aliphatic heterocycles. The van der Waals surface area contributed by atoms with Gasteiger partial charge in [0.15, 0.2) is 0 Å². The van der Waals surface area contributed by atoms with Crippen molar-refractivity contribution in [3.05, 3.63) is 218 Å². The maximum absolute atomic E-state index is 4.76. The largest absolute Gasteiger partial charge is 0.150 e. The van der Waals surface area contributed by atoms with E-state index in [1.165, 1.54) is 0 Å². The quantitative estimate of drug-likeness (QED) is 0.145. The first-order valence-electron chi connectivity index (χ1n) is 19.9. The Labute approximate surface area is 348 Å². The molecule has 60 heavy (non-hydrogen) atoms. The molecule has 0 bridgehead atoms. The summed E-state index contributed by atoms with van der Waals surface area (Å²) in [6, 6.07) is 74.6. The molecule has 0 radical (unpaired) electrons. The number of hydrogen-bond acceptors (Lipinski definition) is 6. The van der Waals surface area contributed by atoms with Gasteiger partial charge < -0.3 is 0 Å². The molecule has 3 heterocycles. The lowest BCUT2D eigenvalue weighted by Gasteiger charge is -2.17. The summed E-state index contributed by atoms with van der Waals surface area (Å²) < 4.78 is 0. The van der Waals surface area contributed by atoms with Crippen LogP contribution in [0, 0.1) is 0 Å². The second-order valence-electron chi connectivity index (χ2n) is 14.4. The van der Waals surface area contributed by atoms with E-state index in [0.717, 1.165) is 101 Å². The van der Waals surface area contributed by atoms with Crippen LogP contribution in [0.3, 0.4) is 0 Å². The first-order valence-corrected chi connectivity index (χ1v) is 19.9. The zero-order valence-corrected chi connectivity index (χ0v) is 32.5. The maximum atomic E-state index is 4.76. The van der Waals surface area contributed by atoms with E-state index in [4.69, 9.17) is 15.3 Å². The van der Waals surface area contributed by atoms with Gasteiger partial charge in [-0.1, -0.05) is 164 Å². The van der Waals surface area contributed by atoms with Crippen molar-refractivity contribution >= 4 is 0 Å². The highest BCUT2D eigenvalue weighted by Crippen LogP contribution is 2.41. The first kappa shape index (κ1) is 36.1. The Balaban J connectivity index is 1.12. The summed E-state index contributed by atoms with van der Waals surface area (Å²) >= 11 is 0. The van der Waals surface area contributed by atoms with Crippen molar-refractivity contribution in [2.24, 2.45) is 0 Å². The molecule has 6 nitrogen and oxygen atoms in total. The molecule has 0 N–H and O–H groups in total. The smallest absolute Gasteiger partial charge is 0.0936 e. The van der Waals surface area contributed by atoms with Crippen LogP contribution in [0.5, 0.6) is 0 Å². The lowest BCUT2D eigenvalue weighted by atomic mass is 9.87. The minimum Gasteiger partial charge on any atom is -0.150 e. The molecule has 3 aromatic heterocycles. The molecular weight excluding hydrogens is 733 g/mol. The van der Waals surface area contributed by atoms with Crippen LogP contribution in [0.1, 0.15) is 0 Å². The summed E-state index contributed by atoms with van der Waals surface area (Å²) in [5.74, 6) is 0. The van der Waals surface area contributed by atoms with E-state index >= 15 is 0 Å². The van der Waals surface area contributed by atoms with Gasteiger partial charge in [-0.2, -0.15) is 0 Å². The highest BCUT2D eigenvalue weighted by atomic mass is 15.1. The van der Waals surface area contributed by atoms with Gasteiger partial charge in [0.25, 0.3) is 0 Å². The van der Waals surface area contributed by atoms with Crippen LogP contribution in [0.2, 0.25) is 0 Å². The molecule has 0 amide bonds. The minimum absolute atomic E-state index is 0.792. The zero-order valence-electron chi connectivity index (χ0n) is 32.5. The van der Waals surface area contributed by atoms with Gasteiger partial charge in [-0.15, -0.1) is 30.6 Å². The van der Waals surface area contributed by atoms with E-state index in [0.29, 0.717) is 0 Å². The van der Waals surface area contributed by atoms with Gasteiger partial charge in [0.05, 0.1) is 34.2 Å². The van der Waals surface area contributed by atoms with Crippen LogP contribution in [-0.4, -0.2) is 30.6 Å². The van der Waals surface area contributed by atoms with Crippen molar-refractivity contribution in [1.29, 1.82) is 0 Å². The summed E-state index contributed by atoms with van der Waals surface area (Å²) in [6.07, 6.45) is 0. The van der Waals surface area contributed by atoms with Gasteiger partial charge in [-0.05, 0) is 88.0 Å². The molecule has 0 aliphatic rings. The number of hydrogen-bond donors (Lipinski definition) is 0. The van der Waals surface area contributed by atoms with Crippen molar-refractivity contribution in [1.82, 2.24) is 30.6 Å². The Morgan fingerprint density at radius 2 is 0.383 bits per heavy atom. The summed E-state index contributed by atoms with van der Waals surface area (Å²) in [4.78, 5) is 0. The van der Waals surface area contributed by atoms with Gasteiger partial charge in [-0.25, -0.2) is 0 Å². The van der Waals surface area contributed by atoms with E-state index < -0.39 is 0 Å². The topological polar surface area (TPSA) is 77.3 Å². The zero-order chi connectivity index (χ0) is 40.1. The van der Waals surface area contributed by atoms with Crippen molar-refractivity contribution in [2.45, 2.75) is 0 Å². The average Bonchev–Trinajstić information content (AvgIpc) is 3.35. The number of rotatable bonds is 9. The van der Waals surface area contributed by atoms with Gasteiger partial charge in [0.1, 0.15) is 0 Å². The molecule has 0 atom stereocenters. The molecule has 0 saturated heterocycles. The van der Waals surface area contributed by atoms with Crippen LogP contribution >= 0.6 is 0 Å². The third-order valence-corrected chi connectivity index (χ3v) is 10.7. The van der Waals surface area contributed by atoms with Crippen LogP contribution in [0.25, 0.3) is 101 Å². The molecule has 6 heteroatoms. The molecule has 0 fully saturated rings. The lowest BCUT2D eigenvalue weighted by Crippen LogP contribution is -1.96. The molecule has 282 valence electrons. The third-order valence-electron chi connectivity index (χ3n) is 10.7. The highest BCUT2D eigenvalue weighted by Gasteiger charge is 2.18. The number of nitrogens with zero attached hydrogens (tertiary/aromatic N) is 6. The second-order valence-corrected chi connectivity index (χ2v) is 14.4. The van der Waals surface area contributed by atoms with E-state index in [1.54, 1.807) is 0 Å². The molecular formula is C54H36N6.